The van der Waals surface area contributed by atoms with Gasteiger partial charge in [-0.25, -0.2) is 0 Å². The Morgan fingerprint density at radius 1 is 1.71 bits per heavy atom. The molecule has 1 unspecified atom stereocenters. The molecule has 0 aromatic rings. The predicted molar refractivity (Wildman–Crippen MR) is 37.8 cm³/mol. The summed E-state index contributed by atoms with van der Waals surface area (Å²) in [7, 11) is 1.98. The van der Waals surface area contributed by atoms with Crippen molar-refractivity contribution in [3.63, 3.8) is 0 Å². The summed E-state index contributed by atoms with van der Waals surface area (Å²) in [4.78, 5) is 0. The first-order valence-corrected chi connectivity index (χ1v) is 3.67. The molecular formula is C4H10BBrO. The molecule has 0 fully saturated rings. The largest absolute Gasteiger partial charge is 0.394 e. The molecule has 0 aromatic heterocycles. The molecule has 1 nitrogen and oxygen atoms in total. The smallest absolute Gasteiger partial charge is 0.104 e. The summed E-state index contributed by atoms with van der Waals surface area (Å²) in [6, 6.07) is 0. The summed E-state index contributed by atoms with van der Waals surface area (Å²) in [5, 5.41) is 9.73. The summed E-state index contributed by atoms with van der Waals surface area (Å²) < 4.78 is 0. The van der Waals surface area contributed by atoms with E-state index >= 15 is 0 Å². The van der Waals surface area contributed by atoms with Crippen LogP contribution in [0.25, 0.3) is 0 Å². The van der Waals surface area contributed by atoms with E-state index in [-0.39, 0.29) is 6.10 Å². The van der Waals surface area contributed by atoms with Crippen LogP contribution in [0.5, 0.6) is 0 Å². The fourth-order valence-corrected chi connectivity index (χ4v) is 0.859. The molecule has 0 spiro atoms. The van der Waals surface area contributed by atoms with E-state index in [2.05, 4.69) is 15.9 Å². The Hall–Kier alpha value is 0.505. The van der Waals surface area contributed by atoms with Crippen molar-refractivity contribution in [3.8, 4) is 0 Å². The maximum Gasteiger partial charge on any atom is 0.104 e. The lowest BCUT2D eigenvalue weighted by molar-refractivity contribution is 0.193. The van der Waals surface area contributed by atoms with Crippen LogP contribution in [0.15, 0.2) is 0 Å². The molecule has 0 rings (SSSR count). The number of aliphatic hydroxyl groups is 1. The first kappa shape index (κ1) is 7.50. The zero-order chi connectivity index (χ0) is 5.70. The van der Waals surface area contributed by atoms with Crippen LogP contribution in [0, 0.1) is 0 Å². The lowest BCUT2D eigenvalue weighted by Crippen LogP contribution is -2.04. The maximum atomic E-state index is 8.83. The van der Waals surface area contributed by atoms with Crippen molar-refractivity contribution in [3.05, 3.63) is 0 Å². The molecule has 0 aliphatic heterocycles. The van der Waals surface area contributed by atoms with Gasteiger partial charge in [-0.1, -0.05) is 22.3 Å². The Bertz CT molecular complexity index is 42.7. The van der Waals surface area contributed by atoms with Crippen LogP contribution in [-0.4, -0.2) is 24.4 Å². The summed E-state index contributed by atoms with van der Waals surface area (Å²) in [6.45, 7) is 0. The van der Waals surface area contributed by atoms with Gasteiger partial charge in [-0.3, -0.25) is 0 Å². The highest BCUT2D eigenvalue weighted by atomic mass is 79.9. The first-order valence-electron chi connectivity index (χ1n) is 2.55. The summed E-state index contributed by atoms with van der Waals surface area (Å²) in [5.74, 6) is 0. The highest BCUT2D eigenvalue weighted by molar-refractivity contribution is 9.09. The Morgan fingerprint density at radius 3 is 2.43 bits per heavy atom. The molecule has 0 aliphatic rings. The first-order chi connectivity index (χ1) is 3.31. The number of aliphatic hydroxyl groups excluding tert-OH is 1. The standard InChI is InChI=1S/C4H10BBrO/c5-3-4(7)1-2-6/h4,7H,1-3,5H2. The van der Waals surface area contributed by atoms with Crippen molar-refractivity contribution in [2.24, 2.45) is 0 Å². The van der Waals surface area contributed by atoms with Crippen LogP contribution >= 0.6 is 15.9 Å². The van der Waals surface area contributed by atoms with E-state index in [1.165, 1.54) is 0 Å². The number of alkyl halides is 1. The van der Waals surface area contributed by atoms with Crippen LogP contribution in [0.2, 0.25) is 6.32 Å². The number of rotatable bonds is 3. The average Bonchev–Trinajstić information content (AvgIpc) is 1.68. The van der Waals surface area contributed by atoms with Crippen molar-refractivity contribution in [2.45, 2.75) is 18.8 Å². The van der Waals surface area contributed by atoms with Crippen LogP contribution in [0.1, 0.15) is 6.42 Å². The van der Waals surface area contributed by atoms with Crippen molar-refractivity contribution in [2.75, 3.05) is 5.33 Å². The van der Waals surface area contributed by atoms with Gasteiger partial charge in [0.25, 0.3) is 0 Å². The van der Waals surface area contributed by atoms with Gasteiger partial charge >= 0.3 is 0 Å². The topological polar surface area (TPSA) is 20.2 Å². The van der Waals surface area contributed by atoms with E-state index in [1.807, 2.05) is 7.85 Å². The van der Waals surface area contributed by atoms with Gasteiger partial charge in [0.05, 0.1) is 0 Å². The molecule has 1 N–H and O–H groups in total. The zero-order valence-electron chi connectivity index (χ0n) is 4.52. The molecule has 0 saturated heterocycles. The van der Waals surface area contributed by atoms with Gasteiger partial charge in [0, 0.05) is 11.4 Å². The van der Waals surface area contributed by atoms with Gasteiger partial charge in [-0.15, -0.1) is 0 Å². The van der Waals surface area contributed by atoms with E-state index in [9.17, 15) is 0 Å². The minimum atomic E-state index is -0.0978. The molecule has 0 radical (unpaired) electrons. The van der Waals surface area contributed by atoms with Gasteiger partial charge in [0.1, 0.15) is 7.85 Å². The zero-order valence-corrected chi connectivity index (χ0v) is 6.11. The highest BCUT2D eigenvalue weighted by Gasteiger charge is 1.95. The van der Waals surface area contributed by atoms with Crippen molar-refractivity contribution in [1.29, 1.82) is 0 Å². The summed E-state index contributed by atoms with van der Waals surface area (Å²) in [6.07, 6.45) is 1.64. The molecule has 0 saturated carbocycles. The average molecular weight is 165 g/mol. The van der Waals surface area contributed by atoms with Crippen LogP contribution in [0.3, 0.4) is 0 Å². The number of hydrogen-bond acceptors (Lipinski definition) is 1. The minimum absolute atomic E-state index is 0.0978. The molecule has 0 heterocycles. The monoisotopic (exact) mass is 164 g/mol. The van der Waals surface area contributed by atoms with E-state index in [0.29, 0.717) is 0 Å². The highest BCUT2D eigenvalue weighted by Crippen LogP contribution is 1.97. The van der Waals surface area contributed by atoms with Crippen LogP contribution in [-0.2, 0) is 0 Å². The molecule has 0 aliphatic carbocycles. The van der Waals surface area contributed by atoms with Gasteiger partial charge in [-0.05, 0) is 6.42 Å². The SMILES string of the molecule is BCC(O)CCBr. The van der Waals surface area contributed by atoms with Gasteiger partial charge in [0.2, 0.25) is 0 Å². The third-order valence-electron chi connectivity index (χ3n) is 0.914. The Kier molecular flexibility index (Phi) is 4.99. The quantitative estimate of drug-likeness (QED) is 0.467. The van der Waals surface area contributed by atoms with E-state index in [1.54, 1.807) is 0 Å². The third-order valence-corrected chi connectivity index (χ3v) is 1.37. The normalized spacial score (nSPS) is 14.0. The van der Waals surface area contributed by atoms with E-state index in [0.717, 1.165) is 18.1 Å². The minimum Gasteiger partial charge on any atom is -0.394 e. The Morgan fingerprint density at radius 2 is 2.29 bits per heavy atom. The summed E-state index contributed by atoms with van der Waals surface area (Å²) >= 11 is 3.23. The fraction of sp³-hybridized carbons (Fsp3) is 1.00. The Labute approximate surface area is 53.6 Å². The number of hydrogen-bond donors (Lipinski definition) is 1. The van der Waals surface area contributed by atoms with Gasteiger partial charge in [0.15, 0.2) is 0 Å². The van der Waals surface area contributed by atoms with Crippen molar-refractivity contribution >= 4 is 23.8 Å². The lowest BCUT2D eigenvalue weighted by Gasteiger charge is -2.01. The fourth-order valence-electron chi connectivity index (χ4n) is 0.330. The molecule has 42 valence electrons. The third kappa shape index (κ3) is 4.36. The van der Waals surface area contributed by atoms with Crippen molar-refractivity contribution in [1.82, 2.24) is 0 Å². The summed E-state index contributed by atoms with van der Waals surface area (Å²) in [5.41, 5.74) is 0. The molecule has 1 atom stereocenters. The second-order valence-electron chi connectivity index (χ2n) is 1.54. The van der Waals surface area contributed by atoms with E-state index in [4.69, 9.17) is 5.11 Å². The molecular weight excluding hydrogens is 155 g/mol. The Balaban J connectivity index is 2.83. The molecule has 0 aromatic carbocycles. The molecule has 0 amide bonds. The second-order valence-corrected chi connectivity index (χ2v) is 2.33. The second kappa shape index (κ2) is 4.66. The van der Waals surface area contributed by atoms with Crippen LogP contribution in [0.4, 0.5) is 0 Å². The van der Waals surface area contributed by atoms with Gasteiger partial charge < -0.3 is 5.11 Å². The maximum absolute atomic E-state index is 8.83. The van der Waals surface area contributed by atoms with E-state index < -0.39 is 0 Å². The van der Waals surface area contributed by atoms with Crippen molar-refractivity contribution < 1.29 is 5.11 Å². The molecule has 3 heteroatoms. The molecule has 0 bridgehead atoms. The molecule has 7 heavy (non-hydrogen) atoms. The lowest BCUT2D eigenvalue weighted by atomic mass is 9.98. The predicted octanol–water partition coefficient (Wildman–Crippen LogP) is 0.184. The van der Waals surface area contributed by atoms with Crippen LogP contribution < -0.4 is 0 Å². The van der Waals surface area contributed by atoms with Gasteiger partial charge in [-0.2, -0.15) is 0 Å². The number of halogens is 1.